The van der Waals surface area contributed by atoms with E-state index in [1.54, 1.807) is 12.1 Å². The number of benzene rings is 2. The average Bonchev–Trinajstić information content (AvgIpc) is 2.92. The third-order valence-electron chi connectivity index (χ3n) is 4.55. The summed E-state index contributed by atoms with van der Waals surface area (Å²) in [6.07, 6.45) is 11.1. The molecule has 0 unspecified atom stereocenters. The van der Waals surface area contributed by atoms with E-state index in [0.717, 1.165) is 43.6 Å². The van der Waals surface area contributed by atoms with Gasteiger partial charge in [0.25, 0.3) is 5.69 Å². The number of rotatable bonds is 10. The van der Waals surface area contributed by atoms with Crippen LogP contribution in [0.3, 0.4) is 0 Å². The zero-order valence-electron chi connectivity index (χ0n) is 24.3. The number of nitro benzene ring substituents is 1. The van der Waals surface area contributed by atoms with Crippen molar-refractivity contribution in [2.75, 3.05) is 0 Å². The van der Waals surface area contributed by atoms with E-state index in [1.807, 2.05) is 85.7 Å². The number of nitrogens with two attached hydrogens (primary N) is 1. The largest absolute Gasteiger partial charge is 0.394 e. The zero-order chi connectivity index (χ0) is 30.5. The molecule has 6 nitrogen and oxygen atoms in total. The maximum Gasteiger partial charge on any atom is 0.283 e. The van der Waals surface area contributed by atoms with E-state index in [9.17, 15) is 14.9 Å². The van der Waals surface area contributed by atoms with Gasteiger partial charge in [0.15, 0.2) is 0 Å². The number of allylic oxidation sites excluding steroid dienone is 2. The third kappa shape index (κ3) is 14.9. The minimum atomic E-state index is -0.415. The number of carbonyl (C=O) groups is 1. The average molecular weight is 637 g/mol. The molecule has 0 atom stereocenters. The van der Waals surface area contributed by atoms with E-state index in [-0.39, 0.29) is 18.0 Å². The molecule has 39 heavy (non-hydrogen) atoms. The smallest absolute Gasteiger partial charge is 0.283 e. The number of amides is 1. The Hall–Kier alpha value is -2.67. The highest BCUT2D eigenvalue weighted by Crippen LogP contribution is 2.30. The molecule has 0 spiro atoms. The van der Waals surface area contributed by atoms with Gasteiger partial charge in [-0.15, -0.1) is 24.6 Å². The number of carbonyl (C=O) groups excluding carboxylic acids is 1. The van der Waals surface area contributed by atoms with Crippen molar-refractivity contribution in [1.82, 2.24) is 5.32 Å². The first-order chi connectivity index (χ1) is 18.6. The van der Waals surface area contributed by atoms with Crippen molar-refractivity contribution in [3.8, 4) is 12.8 Å². The van der Waals surface area contributed by atoms with Crippen molar-refractivity contribution >= 4 is 51.0 Å². The van der Waals surface area contributed by atoms with Crippen molar-refractivity contribution < 1.29 is 9.72 Å². The van der Waals surface area contributed by atoms with Crippen molar-refractivity contribution in [2.45, 2.75) is 78.9 Å². The number of thioether (sulfide) groups is 2. The molecule has 0 aromatic heterocycles. The molecule has 0 fully saturated rings. The lowest BCUT2D eigenvalue weighted by atomic mass is 10.1. The van der Waals surface area contributed by atoms with E-state index < -0.39 is 4.92 Å². The lowest BCUT2D eigenvalue weighted by Crippen LogP contribution is -2.24. The molecule has 1 amide bonds. The van der Waals surface area contributed by atoms with Crippen LogP contribution in [-0.4, -0.2) is 10.8 Å². The molecule has 2 aromatic rings. The number of halogens is 1. The molecule has 0 aliphatic heterocycles. The molecule has 3 N–H and O–H groups in total. The molecule has 0 saturated carbocycles. The monoisotopic (exact) mass is 635 g/mol. The lowest BCUT2D eigenvalue weighted by Gasteiger charge is -2.13. The van der Waals surface area contributed by atoms with Gasteiger partial charge in [0.2, 0.25) is 5.91 Å². The van der Waals surface area contributed by atoms with Crippen LogP contribution in [0.2, 0.25) is 0 Å². The Bertz CT molecular complexity index is 1140. The normalized spacial score (nSPS) is 9.87. The van der Waals surface area contributed by atoms with E-state index in [2.05, 4.69) is 34.1 Å². The fourth-order valence-electron chi connectivity index (χ4n) is 2.84. The van der Waals surface area contributed by atoms with E-state index in [4.69, 9.17) is 5.73 Å². The second kappa shape index (κ2) is 22.2. The van der Waals surface area contributed by atoms with Gasteiger partial charge in [-0.25, -0.2) is 0 Å². The van der Waals surface area contributed by atoms with E-state index >= 15 is 0 Å². The van der Waals surface area contributed by atoms with Gasteiger partial charge in [-0.1, -0.05) is 70.7 Å². The number of nitrogens with zero attached hydrogens (tertiary/aromatic N) is 1. The van der Waals surface area contributed by atoms with Gasteiger partial charge in [-0.3, -0.25) is 14.9 Å². The summed E-state index contributed by atoms with van der Waals surface area (Å²) in [5, 5.41) is 15.7. The predicted octanol–water partition coefficient (Wildman–Crippen LogP) is 9.11. The molecule has 9 heteroatoms. The molecular formula is C30H42BrN3O3S2. The van der Waals surface area contributed by atoms with Crippen LogP contribution in [0.15, 0.2) is 67.5 Å². The minimum Gasteiger partial charge on any atom is -0.394 e. The summed E-state index contributed by atoms with van der Waals surface area (Å²) in [6, 6.07) is 11.0. The van der Waals surface area contributed by atoms with Crippen LogP contribution in [0.5, 0.6) is 0 Å². The molecular weight excluding hydrogens is 594 g/mol. The SMILES string of the molecule is C#C.CC.CC.CC/C=C(\N)Sc1cc(CC(=O)NC(SCc2ccc(Br)c([N+](=O)[O-])c2)=C(C)C)ccc1C. The Morgan fingerprint density at radius 3 is 2.23 bits per heavy atom. The zero-order valence-corrected chi connectivity index (χ0v) is 27.5. The van der Waals surface area contributed by atoms with Gasteiger partial charge in [-0.05, 0) is 77.5 Å². The fourth-order valence-corrected chi connectivity index (χ4v) is 5.14. The van der Waals surface area contributed by atoms with E-state index in [1.165, 1.54) is 23.5 Å². The Kier molecular flexibility index (Phi) is 21.9. The van der Waals surface area contributed by atoms with Gasteiger partial charge < -0.3 is 11.1 Å². The second-order valence-corrected chi connectivity index (χ2v) is 10.6. The summed E-state index contributed by atoms with van der Waals surface area (Å²) < 4.78 is 0.444. The summed E-state index contributed by atoms with van der Waals surface area (Å²) in [4.78, 5) is 24.5. The first kappa shape index (κ1) is 38.5. The maximum atomic E-state index is 12.8. The highest BCUT2D eigenvalue weighted by atomic mass is 79.9. The summed E-state index contributed by atoms with van der Waals surface area (Å²) in [6.45, 7) is 15.9. The maximum absolute atomic E-state index is 12.8. The Morgan fingerprint density at radius 1 is 1.10 bits per heavy atom. The van der Waals surface area contributed by atoms with E-state index in [0.29, 0.717) is 10.2 Å². The lowest BCUT2D eigenvalue weighted by molar-refractivity contribution is -0.385. The predicted molar refractivity (Wildman–Crippen MR) is 174 cm³/mol. The van der Waals surface area contributed by atoms with Crippen molar-refractivity contribution in [1.29, 1.82) is 0 Å². The minimum absolute atomic E-state index is 0.0262. The highest BCUT2D eigenvalue weighted by molar-refractivity contribution is 9.10. The summed E-state index contributed by atoms with van der Waals surface area (Å²) in [7, 11) is 0. The molecule has 0 radical (unpaired) electrons. The first-order valence-corrected chi connectivity index (χ1v) is 15.3. The van der Waals surface area contributed by atoms with Crippen LogP contribution in [0.4, 0.5) is 5.69 Å². The molecule has 214 valence electrons. The third-order valence-corrected chi connectivity index (χ3v) is 7.56. The Balaban J connectivity index is 0. The van der Waals surface area contributed by atoms with Gasteiger partial charge >= 0.3 is 0 Å². The van der Waals surface area contributed by atoms with Crippen molar-refractivity contribution in [2.24, 2.45) is 5.73 Å². The first-order valence-electron chi connectivity index (χ1n) is 12.7. The highest BCUT2D eigenvalue weighted by Gasteiger charge is 2.14. The Morgan fingerprint density at radius 2 is 1.69 bits per heavy atom. The van der Waals surface area contributed by atoms with Crippen LogP contribution in [0.1, 0.15) is 71.6 Å². The topological polar surface area (TPSA) is 98.3 Å². The van der Waals surface area contributed by atoms with Gasteiger partial charge in [0, 0.05) is 16.7 Å². The molecule has 2 aromatic carbocycles. The van der Waals surface area contributed by atoms with Gasteiger partial charge in [0.1, 0.15) is 0 Å². The molecule has 2 rings (SSSR count). The van der Waals surface area contributed by atoms with Crippen LogP contribution in [-0.2, 0) is 17.0 Å². The summed E-state index contributed by atoms with van der Waals surface area (Å²) in [5.41, 5.74) is 9.87. The second-order valence-electron chi connectivity index (χ2n) is 7.60. The van der Waals surface area contributed by atoms with Crippen LogP contribution >= 0.6 is 39.5 Å². The summed E-state index contributed by atoms with van der Waals surface area (Å²) in [5.74, 6) is 0.390. The Labute approximate surface area is 252 Å². The molecule has 0 bridgehead atoms. The number of nitro groups is 1. The number of nitrogens with one attached hydrogen (secondary N) is 1. The summed E-state index contributed by atoms with van der Waals surface area (Å²) >= 11 is 6.16. The molecule has 0 aliphatic carbocycles. The van der Waals surface area contributed by atoms with Crippen molar-refractivity contribution in [3.05, 3.63) is 89.4 Å². The van der Waals surface area contributed by atoms with Crippen LogP contribution < -0.4 is 11.1 Å². The molecule has 0 saturated heterocycles. The number of hydrogen-bond acceptors (Lipinski definition) is 6. The molecule has 0 heterocycles. The number of terminal acetylenes is 1. The van der Waals surface area contributed by atoms with Gasteiger partial charge in [0.05, 0.1) is 25.9 Å². The van der Waals surface area contributed by atoms with Gasteiger partial charge in [-0.2, -0.15) is 0 Å². The number of hydrogen-bond donors (Lipinski definition) is 2. The number of aryl methyl sites for hydroxylation is 1. The standard InChI is InChI=1S/C24H28BrN3O3S2.2C2H6.C2H2/c1-5-6-22(26)33-21-12-17(8-7-16(21)4)13-23(29)27-24(15(2)3)32-14-18-9-10-19(25)20(11-18)28(30)31;3*1-2/h6-12H,5,13-14,26H2,1-4H3,(H,27,29);2*1-2H3;1-2H/b22-6+;;;. The van der Waals surface area contributed by atoms with Crippen LogP contribution in [0.25, 0.3) is 0 Å². The molecule has 0 aliphatic rings. The fraction of sp³-hybridized carbons (Fsp3) is 0.367. The quantitative estimate of drug-likeness (QED) is 0.117. The van der Waals surface area contributed by atoms with Crippen LogP contribution in [0, 0.1) is 29.9 Å². The van der Waals surface area contributed by atoms with Crippen molar-refractivity contribution in [3.63, 3.8) is 0 Å².